The van der Waals surface area contributed by atoms with Crippen LogP contribution in [0.5, 0.6) is 5.75 Å². The van der Waals surface area contributed by atoms with E-state index in [9.17, 15) is 4.79 Å². The molecule has 2 aliphatic carbocycles. The molecule has 2 aliphatic rings. The number of amides is 1. The molecular formula is C20H29N3O2. The monoisotopic (exact) mass is 343 g/mol. The summed E-state index contributed by atoms with van der Waals surface area (Å²) in [6, 6.07) is 9.83. The average Bonchev–Trinajstić information content (AvgIpc) is 2.64. The summed E-state index contributed by atoms with van der Waals surface area (Å²) in [4.78, 5) is 17.1. The van der Waals surface area contributed by atoms with Gasteiger partial charge in [-0.25, -0.2) is 9.79 Å². The van der Waals surface area contributed by atoms with E-state index in [0.29, 0.717) is 23.8 Å². The number of benzene rings is 1. The Morgan fingerprint density at radius 1 is 0.920 bits per heavy atom. The Morgan fingerprint density at radius 2 is 1.56 bits per heavy atom. The van der Waals surface area contributed by atoms with E-state index in [-0.39, 0.29) is 0 Å². The number of hydrogen-bond donors (Lipinski definition) is 2. The van der Waals surface area contributed by atoms with Crippen LogP contribution in [-0.2, 0) is 0 Å². The summed E-state index contributed by atoms with van der Waals surface area (Å²) in [5.74, 6) is 1.12. The van der Waals surface area contributed by atoms with E-state index in [1.807, 2.05) is 18.2 Å². The maximum Gasteiger partial charge on any atom is 0.419 e. The number of carbonyl (C=O) groups excluding carboxylic acids is 1. The van der Waals surface area contributed by atoms with Gasteiger partial charge in [-0.1, -0.05) is 56.7 Å². The zero-order valence-electron chi connectivity index (χ0n) is 14.9. The fourth-order valence-electron chi connectivity index (χ4n) is 3.66. The highest BCUT2D eigenvalue weighted by Gasteiger charge is 2.19. The zero-order chi connectivity index (χ0) is 17.3. The minimum absolute atomic E-state index is 0.303. The number of aliphatic imine (C=N–C) groups is 1. The van der Waals surface area contributed by atoms with Crippen LogP contribution in [0.25, 0.3) is 0 Å². The maximum absolute atomic E-state index is 12.3. The second-order valence-corrected chi connectivity index (χ2v) is 7.08. The summed E-state index contributed by atoms with van der Waals surface area (Å²) in [5.41, 5.74) is 0. The number of nitrogens with one attached hydrogen (secondary N) is 2. The molecule has 0 aliphatic heterocycles. The second kappa shape index (κ2) is 9.44. The van der Waals surface area contributed by atoms with Crippen molar-refractivity contribution in [1.82, 2.24) is 10.6 Å². The second-order valence-electron chi connectivity index (χ2n) is 7.08. The van der Waals surface area contributed by atoms with Gasteiger partial charge in [-0.15, -0.1) is 0 Å². The first-order valence-electron chi connectivity index (χ1n) is 9.68. The molecule has 0 aromatic heterocycles. The molecule has 0 heterocycles. The van der Waals surface area contributed by atoms with Crippen LogP contribution in [0.2, 0.25) is 0 Å². The lowest BCUT2D eigenvalue weighted by Gasteiger charge is -2.26. The van der Waals surface area contributed by atoms with E-state index in [2.05, 4.69) is 10.6 Å². The summed E-state index contributed by atoms with van der Waals surface area (Å²) < 4.78 is 5.35. The zero-order valence-corrected chi connectivity index (χ0v) is 14.9. The van der Waals surface area contributed by atoms with Crippen molar-refractivity contribution >= 4 is 12.1 Å². The molecule has 0 radical (unpaired) electrons. The van der Waals surface area contributed by atoms with Crippen molar-refractivity contribution in [2.45, 2.75) is 76.3 Å². The van der Waals surface area contributed by atoms with Gasteiger partial charge >= 0.3 is 6.09 Å². The van der Waals surface area contributed by atoms with Gasteiger partial charge in [0.25, 0.3) is 0 Å². The average molecular weight is 343 g/mol. The molecule has 1 aromatic rings. The largest absolute Gasteiger partial charge is 0.419 e. The lowest BCUT2D eigenvalue weighted by atomic mass is 9.95. The minimum Gasteiger partial charge on any atom is -0.410 e. The predicted octanol–water partition coefficient (Wildman–Crippen LogP) is 4.39. The van der Waals surface area contributed by atoms with Crippen LogP contribution in [-0.4, -0.2) is 24.1 Å². The highest BCUT2D eigenvalue weighted by atomic mass is 16.6. The van der Waals surface area contributed by atoms with Crippen LogP contribution in [0, 0.1) is 0 Å². The van der Waals surface area contributed by atoms with Gasteiger partial charge in [0.15, 0.2) is 0 Å². The molecular weight excluding hydrogens is 314 g/mol. The SMILES string of the molecule is O=C(NC(=NC1CCCCC1)NC1CCCCC1)Oc1ccccc1. The fraction of sp³-hybridized carbons (Fsp3) is 0.600. The molecule has 25 heavy (non-hydrogen) atoms. The van der Waals surface area contributed by atoms with Gasteiger partial charge in [0.2, 0.25) is 5.96 Å². The van der Waals surface area contributed by atoms with Gasteiger partial charge in [-0.3, -0.25) is 5.32 Å². The first-order chi connectivity index (χ1) is 12.3. The number of guanidine groups is 1. The lowest BCUT2D eigenvalue weighted by Crippen LogP contribution is -2.48. The van der Waals surface area contributed by atoms with Crippen LogP contribution < -0.4 is 15.4 Å². The summed E-state index contributed by atoms with van der Waals surface area (Å²) in [5, 5.41) is 6.30. The van der Waals surface area contributed by atoms with Crippen LogP contribution in [0.15, 0.2) is 35.3 Å². The molecule has 136 valence electrons. The van der Waals surface area contributed by atoms with Crippen molar-refractivity contribution in [3.05, 3.63) is 30.3 Å². The first-order valence-corrected chi connectivity index (χ1v) is 9.68. The van der Waals surface area contributed by atoms with E-state index >= 15 is 0 Å². The van der Waals surface area contributed by atoms with Crippen molar-refractivity contribution in [1.29, 1.82) is 0 Å². The third kappa shape index (κ3) is 6.07. The first kappa shape index (κ1) is 17.8. The number of nitrogens with zero attached hydrogens (tertiary/aromatic N) is 1. The molecule has 0 spiro atoms. The number of carbonyl (C=O) groups is 1. The van der Waals surface area contributed by atoms with Crippen molar-refractivity contribution in [2.24, 2.45) is 4.99 Å². The molecule has 0 bridgehead atoms. The highest BCUT2D eigenvalue weighted by Crippen LogP contribution is 2.21. The van der Waals surface area contributed by atoms with Gasteiger partial charge in [0, 0.05) is 6.04 Å². The van der Waals surface area contributed by atoms with E-state index < -0.39 is 6.09 Å². The summed E-state index contributed by atoms with van der Waals surface area (Å²) in [6.45, 7) is 0. The van der Waals surface area contributed by atoms with Gasteiger partial charge in [-0.05, 0) is 37.8 Å². The topological polar surface area (TPSA) is 62.7 Å². The Labute approximate surface area is 150 Å². The Balaban J connectivity index is 1.61. The Bertz CT molecular complexity index is 562. The van der Waals surface area contributed by atoms with Crippen LogP contribution in [0.3, 0.4) is 0 Å². The summed E-state index contributed by atoms with van der Waals surface area (Å²) in [7, 11) is 0. The van der Waals surface area contributed by atoms with Crippen molar-refractivity contribution in [3.8, 4) is 5.75 Å². The third-order valence-electron chi connectivity index (χ3n) is 5.01. The molecule has 2 fully saturated rings. The Hall–Kier alpha value is -2.04. The van der Waals surface area contributed by atoms with Crippen LogP contribution in [0.4, 0.5) is 4.79 Å². The molecule has 5 nitrogen and oxygen atoms in total. The molecule has 0 saturated heterocycles. The summed E-state index contributed by atoms with van der Waals surface area (Å²) in [6.07, 6.45) is 11.5. The fourth-order valence-corrected chi connectivity index (χ4v) is 3.66. The van der Waals surface area contributed by atoms with E-state index in [1.165, 1.54) is 38.5 Å². The van der Waals surface area contributed by atoms with E-state index in [4.69, 9.17) is 9.73 Å². The van der Waals surface area contributed by atoms with Gasteiger partial charge < -0.3 is 10.1 Å². The maximum atomic E-state index is 12.3. The van der Waals surface area contributed by atoms with Crippen molar-refractivity contribution in [2.75, 3.05) is 0 Å². The predicted molar refractivity (Wildman–Crippen MR) is 99.9 cm³/mol. The molecule has 1 amide bonds. The van der Waals surface area contributed by atoms with E-state index in [0.717, 1.165) is 25.7 Å². The lowest BCUT2D eigenvalue weighted by molar-refractivity contribution is 0.205. The van der Waals surface area contributed by atoms with Crippen LogP contribution in [0.1, 0.15) is 64.2 Å². The molecule has 0 atom stereocenters. The molecule has 2 N–H and O–H groups in total. The highest BCUT2D eigenvalue weighted by molar-refractivity contribution is 5.94. The molecule has 2 saturated carbocycles. The van der Waals surface area contributed by atoms with Crippen LogP contribution >= 0.6 is 0 Å². The smallest absolute Gasteiger partial charge is 0.410 e. The third-order valence-corrected chi connectivity index (χ3v) is 5.01. The molecule has 5 heteroatoms. The van der Waals surface area contributed by atoms with Crippen molar-refractivity contribution in [3.63, 3.8) is 0 Å². The molecule has 1 aromatic carbocycles. The van der Waals surface area contributed by atoms with Gasteiger partial charge in [-0.2, -0.15) is 0 Å². The number of ether oxygens (including phenoxy) is 1. The minimum atomic E-state index is -0.482. The number of hydrogen-bond acceptors (Lipinski definition) is 3. The molecule has 0 unspecified atom stereocenters. The van der Waals surface area contributed by atoms with Gasteiger partial charge in [0.1, 0.15) is 5.75 Å². The normalized spacial score (nSPS) is 20.1. The quantitative estimate of drug-likeness (QED) is 0.632. The number of rotatable bonds is 3. The Kier molecular flexibility index (Phi) is 6.71. The number of para-hydroxylation sites is 1. The van der Waals surface area contributed by atoms with Crippen molar-refractivity contribution < 1.29 is 9.53 Å². The standard InChI is InChI=1S/C20H29N3O2/c24-20(25-18-14-8-3-9-15-18)23-19(21-16-10-4-1-5-11-16)22-17-12-6-2-7-13-17/h3,8-9,14-17H,1-2,4-7,10-13H2,(H2,21,22,23,24). The Morgan fingerprint density at radius 3 is 2.24 bits per heavy atom. The summed E-state index contributed by atoms with van der Waals surface area (Å²) >= 11 is 0. The van der Waals surface area contributed by atoms with E-state index in [1.54, 1.807) is 12.1 Å². The molecule has 3 rings (SSSR count). The van der Waals surface area contributed by atoms with Gasteiger partial charge in [0.05, 0.1) is 6.04 Å².